The zero-order chi connectivity index (χ0) is 28.0. The molecule has 0 fully saturated rings. The summed E-state index contributed by atoms with van der Waals surface area (Å²) in [7, 11) is 0. The molecule has 0 unspecified atom stereocenters. The van der Waals surface area contributed by atoms with Crippen LogP contribution in [-0.2, 0) is 0 Å². The number of fused-ring (bicyclic) bond motifs is 5. The molecule has 8 rings (SSSR count). The molecule has 8 aromatic rings. The highest BCUT2D eigenvalue weighted by atomic mass is 14.8. The van der Waals surface area contributed by atoms with Crippen molar-refractivity contribution >= 4 is 43.4 Å². The molecule has 3 nitrogen and oxygen atoms in total. The molecule has 0 atom stereocenters. The van der Waals surface area contributed by atoms with Crippen molar-refractivity contribution in [1.82, 2.24) is 9.97 Å². The summed E-state index contributed by atoms with van der Waals surface area (Å²) in [6.45, 7) is 0. The molecule has 3 heteroatoms. The first-order chi connectivity index (χ1) is 20.7. The van der Waals surface area contributed by atoms with Crippen LogP contribution in [0.4, 0.5) is 0 Å². The van der Waals surface area contributed by atoms with Gasteiger partial charge in [-0.3, -0.25) is 4.98 Å². The first-order valence-corrected chi connectivity index (χ1v) is 14.0. The molecule has 0 bridgehead atoms. The number of nitrogens with zero attached hydrogens (tertiary/aromatic N) is 3. The lowest BCUT2D eigenvalue weighted by Gasteiger charge is -2.16. The molecule has 0 saturated heterocycles. The number of nitriles is 1. The van der Waals surface area contributed by atoms with Gasteiger partial charge in [0.15, 0.2) is 0 Å². The van der Waals surface area contributed by atoms with Crippen molar-refractivity contribution < 1.29 is 0 Å². The van der Waals surface area contributed by atoms with Crippen molar-refractivity contribution in [2.45, 2.75) is 0 Å². The lowest BCUT2D eigenvalue weighted by molar-refractivity contribution is 1.37. The number of aromatic nitrogens is 2. The SMILES string of the molecule is N#Cc1ccc(-c2cc3ccccc3cc2-c2cc(-c3ccc4ccc5cccnc5c4n3)c3ccccc3c2)cc1. The van der Waals surface area contributed by atoms with Crippen LogP contribution in [-0.4, -0.2) is 9.97 Å². The fourth-order valence-corrected chi connectivity index (χ4v) is 5.99. The Labute approximate surface area is 243 Å². The van der Waals surface area contributed by atoms with E-state index in [2.05, 4.69) is 114 Å². The molecule has 0 aliphatic carbocycles. The van der Waals surface area contributed by atoms with Gasteiger partial charge in [-0.2, -0.15) is 5.26 Å². The van der Waals surface area contributed by atoms with Crippen LogP contribution in [0.5, 0.6) is 0 Å². The summed E-state index contributed by atoms with van der Waals surface area (Å²) in [6, 6.07) is 48.7. The monoisotopic (exact) mass is 533 g/mol. The van der Waals surface area contributed by atoms with E-state index in [4.69, 9.17) is 4.98 Å². The van der Waals surface area contributed by atoms with Crippen LogP contribution in [0.1, 0.15) is 5.56 Å². The third kappa shape index (κ3) is 3.98. The molecule has 0 spiro atoms. The van der Waals surface area contributed by atoms with E-state index in [1.54, 1.807) is 0 Å². The Balaban J connectivity index is 1.41. The van der Waals surface area contributed by atoms with E-state index in [0.717, 1.165) is 66.1 Å². The molecule has 42 heavy (non-hydrogen) atoms. The largest absolute Gasteiger partial charge is 0.254 e. The maximum atomic E-state index is 9.38. The highest BCUT2D eigenvalue weighted by Crippen LogP contribution is 2.40. The minimum atomic E-state index is 0.651. The molecule has 6 aromatic carbocycles. The van der Waals surface area contributed by atoms with Crippen LogP contribution < -0.4 is 0 Å². The highest BCUT2D eigenvalue weighted by Gasteiger charge is 2.15. The highest BCUT2D eigenvalue weighted by molar-refractivity contribution is 6.06. The Morgan fingerprint density at radius 2 is 1.12 bits per heavy atom. The average Bonchev–Trinajstić information content (AvgIpc) is 3.07. The number of pyridine rings is 2. The summed E-state index contributed by atoms with van der Waals surface area (Å²) in [5.74, 6) is 0. The van der Waals surface area contributed by atoms with E-state index < -0.39 is 0 Å². The van der Waals surface area contributed by atoms with Gasteiger partial charge in [0.1, 0.15) is 0 Å². The fourth-order valence-electron chi connectivity index (χ4n) is 5.99. The Bertz CT molecular complexity index is 2360. The predicted molar refractivity (Wildman–Crippen MR) is 173 cm³/mol. The average molecular weight is 534 g/mol. The number of hydrogen-bond acceptors (Lipinski definition) is 3. The van der Waals surface area contributed by atoms with Crippen molar-refractivity contribution in [3.8, 4) is 39.6 Å². The zero-order valence-corrected chi connectivity index (χ0v) is 22.6. The molecule has 2 aromatic heterocycles. The van der Waals surface area contributed by atoms with Gasteiger partial charge in [-0.15, -0.1) is 0 Å². The second-order valence-corrected chi connectivity index (χ2v) is 10.6. The van der Waals surface area contributed by atoms with Crippen molar-refractivity contribution in [3.63, 3.8) is 0 Å². The number of rotatable bonds is 3. The first-order valence-electron chi connectivity index (χ1n) is 14.0. The van der Waals surface area contributed by atoms with Crippen LogP contribution in [0.2, 0.25) is 0 Å². The zero-order valence-electron chi connectivity index (χ0n) is 22.6. The maximum absolute atomic E-state index is 9.38. The Hall–Kier alpha value is -5.85. The van der Waals surface area contributed by atoms with Gasteiger partial charge >= 0.3 is 0 Å². The number of hydrogen-bond donors (Lipinski definition) is 0. The Morgan fingerprint density at radius 3 is 1.88 bits per heavy atom. The number of benzene rings is 6. The minimum Gasteiger partial charge on any atom is -0.254 e. The quantitative estimate of drug-likeness (QED) is 0.212. The topological polar surface area (TPSA) is 49.6 Å². The van der Waals surface area contributed by atoms with Crippen molar-refractivity contribution in [2.24, 2.45) is 0 Å². The van der Waals surface area contributed by atoms with Gasteiger partial charge in [-0.05, 0) is 92.3 Å². The summed E-state index contributed by atoms with van der Waals surface area (Å²) < 4.78 is 0. The summed E-state index contributed by atoms with van der Waals surface area (Å²) in [6.07, 6.45) is 1.83. The summed E-state index contributed by atoms with van der Waals surface area (Å²) >= 11 is 0. The smallest absolute Gasteiger partial charge is 0.0991 e. The van der Waals surface area contributed by atoms with Crippen LogP contribution in [0.3, 0.4) is 0 Å². The van der Waals surface area contributed by atoms with Gasteiger partial charge < -0.3 is 0 Å². The van der Waals surface area contributed by atoms with Gasteiger partial charge in [0, 0.05) is 22.5 Å². The standard InChI is InChI=1S/C39H23N3/c40-24-25-11-13-26(14-12-25)34-21-29-6-1-2-7-30(29)22-35(34)32-20-31-8-3-4-10-33(31)36(23-32)37-18-17-28-16-15-27-9-5-19-41-38(27)39(28)42-37/h1-23H. The van der Waals surface area contributed by atoms with E-state index in [9.17, 15) is 5.26 Å². The second kappa shape index (κ2) is 9.66. The van der Waals surface area contributed by atoms with E-state index >= 15 is 0 Å². The molecule has 0 aliphatic rings. The van der Waals surface area contributed by atoms with E-state index in [-0.39, 0.29) is 0 Å². The van der Waals surface area contributed by atoms with E-state index in [1.165, 1.54) is 10.8 Å². The lowest BCUT2D eigenvalue weighted by Crippen LogP contribution is -1.92. The fraction of sp³-hybridized carbons (Fsp3) is 0. The summed E-state index contributed by atoms with van der Waals surface area (Å²) in [5, 5.41) is 16.2. The van der Waals surface area contributed by atoms with Crippen molar-refractivity contribution in [1.29, 1.82) is 5.26 Å². The van der Waals surface area contributed by atoms with Crippen LogP contribution in [0.25, 0.3) is 76.9 Å². The molecule has 2 heterocycles. The van der Waals surface area contributed by atoms with E-state index in [0.29, 0.717) is 5.56 Å². The summed E-state index contributed by atoms with van der Waals surface area (Å²) in [4.78, 5) is 9.89. The molecule has 0 amide bonds. The Kier molecular flexibility index (Phi) is 5.52. The summed E-state index contributed by atoms with van der Waals surface area (Å²) in [5.41, 5.74) is 8.92. The molecule has 0 N–H and O–H groups in total. The first kappa shape index (κ1) is 24.0. The van der Waals surface area contributed by atoms with Crippen molar-refractivity contribution in [3.05, 3.63) is 145 Å². The van der Waals surface area contributed by atoms with Gasteiger partial charge in [-0.1, -0.05) is 84.9 Å². The van der Waals surface area contributed by atoms with Crippen LogP contribution in [0, 0.1) is 11.3 Å². The van der Waals surface area contributed by atoms with Gasteiger partial charge in [0.25, 0.3) is 0 Å². The third-order valence-electron chi connectivity index (χ3n) is 8.09. The van der Waals surface area contributed by atoms with Crippen molar-refractivity contribution in [2.75, 3.05) is 0 Å². The van der Waals surface area contributed by atoms with Crippen LogP contribution in [0.15, 0.2) is 140 Å². The lowest BCUT2D eigenvalue weighted by atomic mass is 9.88. The molecule has 0 saturated carbocycles. The third-order valence-corrected chi connectivity index (χ3v) is 8.09. The molecular formula is C39H23N3. The minimum absolute atomic E-state index is 0.651. The molecule has 0 aliphatic heterocycles. The van der Waals surface area contributed by atoms with Gasteiger partial charge in [0.2, 0.25) is 0 Å². The molecular weight excluding hydrogens is 510 g/mol. The molecule has 0 radical (unpaired) electrons. The van der Waals surface area contributed by atoms with Gasteiger partial charge in [-0.25, -0.2) is 4.98 Å². The second-order valence-electron chi connectivity index (χ2n) is 10.6. The van der Waals surface area contributed by atoms with Crippen LogP contribution >= 0.6 is 0 Å². The van der Waals surface area contributed by atoms with Gasteiger partial charge in [0.05, 0.1) is 28.4 Å². The Morgan fingerprint density at radius 1 is 0.476 bits per heavy atom. The maximum Gasteiger partial charge on any atom is 0.0991 e. The predicted octanol–water partition coefficient (Wildman–Crippen LogP) is 9.96. The van der Waals surface area contributed by atoms with E-state index in [1.807, 2.05) is 36.5 Å². The molecule has 194 valence electrons. The normalized spacial score (nSPS) is 11.3.